The molecule has 0 saturated carbocycles. The molecule has 0 aliphatic carbocycles. The molecule has 96 valence electrons. The molecule has 4 heteroatoms. The van der Waals surface area contributed by atoms with Crippen molar-refractivity contribution in [1.29, 1.82) is 0 Å². The van der Waals surface area contributed by atoms with Gasteiger partial charge in [-0.25, -0.2) is 0 Å². The van der Waals surface area contributed by atoms with Gasteiger partial charge in [0.05, 0.1) is 0 Å². The number of pyridine rings is 1. The summed E-state index contributed by atoms with van der Waals surface area (Å²) in [5, 5.41) is 8.71. The summed E-state index contributed by atoms with van der Waals surface area (Å²) in [4.78, 5) is 22.1. The van der Waals surface area contributed by atoms with E-state index in [1.165, 1.54) is 16.8 Å². The van der Waals surface area contributed by atoms with Crippen molar-refractivity contribution in [3.05, 3.63) is 70.1 Å². The van der Waals surface area contributed by atoms with Gasteiger partial charge < -0.3 is 9.67 Å². The largest absolute Gasteiger partial charge is 0.480 e. The molecule has 0 unspecified atom stereocenters. The van der Waals surface area contributed by atoms with E-state index < -0.39 is 5.97 Å². The zero-order chi connectivity index (χ0) is 13.7. The van der Waals surface area contributed by atoms with Crippen LogP contribution in [0.15, 0.2) is 53.5 Å². The van der Waals surface area contributed by atoms with Crippen molar-refractivity contribution < 1.29 is 9.90 Å². The molecule has 0 bridgehead atoms. The second-order valence-electron chi connectivity index (χ2n) is 4.07. The molecule has 1 aromatic carbocycles. The fraction of sp³-hybridized carbons (Fsp3) is 0.0667. The van der Waals surface area contributed by atoms with Crippen LogP contribution in [0.1, 0.15) is 11.1 Å². The van der Waals surface area contributed by atoms with Gasteiger partial charge in [0, 0.05) is 12.3 Å². The van der Waals surface area contributed by atoms with E-state index in [0.29, 0.717) is 0 Å². The minimum Gasteiger partial charge on any atom is -0.480 e. The molecule has 0 spiro atoms. The van der Waals surface area contributed by atoms with Gasteiger partial charge in [0.2, 0.25) is 0 Å². The van der Waals surface area contributed by atoms with Crippen molar-refractivity contribution in [2.45, 2.75) is 6.54 Å². The van der Waals surface area contributed by atoms with E-state index >= 15 is 0 Å². The first kappa shape index (κ1) is 12.8. The van der Waals surface area contributed by atoms with Gasteiger partial charge in [-0.1, -0.05) is 42.5 Å². The van der Waals surface area contributed by atoms with Crippen LogP contribution in [0.2, 0.25) is 0 Å². The maximum absolute atomic E-state index is 11.5. The lowest BCUT2D eigenvalue weighted by Gasteiger charge is -2.02. The molecule has 4 nitrogen and oxygen atoms in total. The fourth-order valence-corrected chi connectivity index (χ4v) is 1.67. The smallest absolute Gasteiger partial charge is 0.323 e. The van der Waals surface area contributed by atoms with Crippen molar-refractivity contribution in [1.82, 2.24) is 4.57 Å². The number of aliphatic carboxylic acids is 1. The number of nitrogens with zero attached hydrogens (tertiary/aromatic N) is 1. The molecular weight excluding hydrogens is 242 g/mol. The molecule has 0 aliphatic rings. The minimum atomic E-state index is -1.04. The lowest BCUT2D eigenvalue weighted by molar-refractivity contribution is -0.137. The Hall–Kier alpha value is -2.62. The average molecular weight is 255 g/mol. The normalized spacial score (nSPS) is 10.7. The third-order valence-electron chi connectivity index (χ3n) is 2.58. The maximum Gasteiger partial charge on any atom is 0.323 e. The monoisotopic (exact) mass is 255 g/mol. The predicted octanol–water partition coefficient (Wildman–Crippen LogP) is 2.10. The third-order valence-corrected chi connectivity index (χ3v) is 2.58. The Balaban J connectivity index is 2.24. The van der Waals surface area contributed by atoms with Crippen LogP contribution in [0.4, 0.5) is 0 Å². The highest BCUT2D eigenvalue weighted by atomic mass is 16.4. The van der Waals surface area contributed by atoms with Crippen molar-refractivity contribution in [2.24, 2.45) is 0 Å². The minimum absolute atomic E-state index is 0.320. The number of aromatic nitrogens is 1. The highest BCUT2D eigenvalue weighted by molar-refractivity contribution is 5.69. The van der Waals surface area contributed by atoms with E-state index in [2.05, 4.69) is 0 Å². The lowest BCUT2D eigenvalue weighted by Crippen LogP contribution is -2.22. The van der Waals surface area contributed by atoms with Gasteiger partial charge in [0.25, 0.3) is 5.56 Å². The number of hydrogen-bond acceptors (Lipinski definition) is 2. The molecule has 1 heterocycles. The summed E-state index contributed by atoms with van der Waals surface area (Å²) < 4.78 is 1.17. The number of carbonyl (C=O) groups is 1. The number of carboxylic acids is 1. The summed E-state index contributed by atoms with van der Waals surface area (Å²) in [6.07, 6.45) is 5.29. The Morgan fingerprint density at radius 1 is 1.05 bits per heavy atom. The summed E-state index contributed by atoms with van der Waals surface area (Å²) in [7, 11) is 0. The van der Waals surface area contributed by atoms with Crippen molar-refractivity contribution in [3.63, 3.8) is 0 Å². The molecule has 19 heavy (non-hydrogen) atoms. The van der Waals surface area contributed by atoms with Crippen molar-refractivity contribution in [3.8, 4) is 0 Å². The van der Waals surface area contributed by atoms with E-state index in [1.807, 2.05) is 42.5 Å². The van der Waals surface area contributed by atoms with Gasteiger partial charge >= 0.3 is 5.97 Å². The van der Waals surface area contributed by atoms with Crippen LogP contribution >= 0.6 is 0 Å². The molecular formula is C15H13NO3. The molecule has 1 N–H and O–H groups in total. The quantitative estimate of drug-likeness (QED) is 0.910. The summed E-state index contributed by atoms with van der Waals surface area (Å²) >= 11 is 0. The Labute approximate surface area is 110 Å². The van der Waals surface area contributed by atoms with Crippen LogP contribution in [0.5, 0.6) is 0 Å². The average Bonchev–Trinajstić information content (AvgIpc) is 2.40. The van der Waals surface area contributed by atoms with Crippen molar-refractivity contribution >= 4 is 18.1 Å². The number of rotatable bonds is 4. The Morgan fingerprint density at radius 3 is 2.42 bits per heavy atom. The number of benzene rings is 1. The van der Waals surface area contributed by atoms with Crippen LogP contribution in [0, 0.1) is 0 Å². The summed E-state index contributed by atoms with van der Waals surface area (Å²) in [5.74, 6) is -1.04. The molecule has 1 aromatic heterocycles. The van der Waals surface area contributed by atoms with E-state index in [4.69, 9.17) is 5.11 Å². The SMILES string of the molecule is O=C(O)Cn1cc(/C=C/c2ccccc2)ccc1=O. The standard InChI is InChI=1S/C15H13NO3/c17-14-9-8-13(10-16(14)11-15(18)19)7-6-12-4-2-1-3-5-12/h1-10H,11H2,(H,18,19)/b7-6+. The van der Waals surface area contributed by atoms with Gasteiger partial charge in [0.15, 0.2) is 0 Å². The summed E-state index contributed by atoms with van der Waals surface area (Å²) in [6, 6.07) is 12.8. The van der Waals surface area contributed by atoms with Gasteiger partial charge in [-0.3, -0.25) is 9.59 Å². The Kier molecular flexibility index (Phi) is 3.93. The fourth-order valence-electron chi connectivity index (χ4n) is 1.67. The second kappa shape index (κ2) is 5.82. The molecule has 2 aromatic rings. The number of carboxylic acid groups (broad SMARTS) is 1. The molecule has 0 amide bonds. The molecule has 0 aliphatic heterocycles. The summed E-state index contributed by atoms with van der Waals surface area (Å²) in [6.45, 7) is -0.328. The van der Waals surface area contributed by atoms with Gasteiger partial charge in [0.1, 0.15) is 6.54 Å². The van der Waals surface area contributed by atoms with Crippen LogP contribution in [-0.4, -0.2) is 15.6 Å². The number of hydrogen-bond donors (Lipinski definition) is 1. The molecule has 0 atom stereocenters. The van der Waals surface area contributed by atoms with Crippen LogP contribution in [0.3, 0.4) is 0 Å². The maximum atomic E-state index is 11.5. The van der Waals surface area contributed by atoms with E-state index in [1.54, 1.807) is 6.07 Å². The van der Waals surface area contributed by atoms with Crippen molar-refractivity contribution in [2.75, 3.05) is 0 Å². The first-order valence-corrected chi connectivity index (χ1v) is 5.80. The summed E-state index contributed by atoms with van der Waals surface area (Å²) in [5.41, 5.74) is 1.50. The zero-order valence-corrected chi connectivity index (χ0v) is 10.2. The van der Waals surface area contributed by atoms with Gasteiger partial charge in [-0.2, -0.15) is 0 Å². The topological polar surface area (TPSA) is 59.3 Å². The van der Waals surface area contributed by atoms with Crippen LogP contribution in [0.25, 0.3) is 12.2 Å². The van der Waals surface area contributed by atoms with Crippen LogP contribution in [-0.2, 0) is 11.3 Å². The second-order valence-corrected chi connectivity index (χ2v) is 4.07. The molecule has 0 radical (unpaired) electrons. The highest BCUT2D eigenvalue weighted by Crippen LogP contribution is 2.06. The first-order chi connectivity index (χ1) is 9.15. The molecule has 0 saturated heterocycles. The van der Waals surface area contributed by atoms with Gasteiger partial charge in [-0.05, 0) is 17.2 Å². The molecule has 2 rings (SSSR count). The highest BCUT2D eigenvalue weighted by Gasteiger charge is 2.01. The Bertz CT molecular complexity index is 657. The lowest BCUT2D eigenvalue weighted by atomic mass is 10.2. The van der Waals surface area contributed by atoms with E-state index in [0.717, 1.165) is 11.1 Å². The van der Waals surface area contributed by atoms with E-state index in [9.17, 15) is 9.59 Å². The van der Waals surface area contributed by atoms with Crippen LogP contribution < -0.4 is 5.56 Å². The van der Waals surface area contributed by atoms with E-state index in [-0.39, 0.29) is 12.1 Å². The zero-order valence-electron chi connectivity index (χ0n) is 10.2. The third kappa shape index (κ3) is 3.67. The Morgan fingerprint density at radius 2 is 1.74 bits per heavy atom. The van der Waals surface area contributed by atoms with Gasteiger partial charge in [-0.15, -0.1) is 0 Å². The predicted molar refractivity (Wildman–Crippen MR) is 73.7 cm³/mol. The molecule has 0 fully saturated rings. The first-order valence-electron chi connectivity index (χ1n) is 5.80.